The SMILES string of the molecule is COc1ccc(Cn2ncc3ccc(OC)cc32)cc1. The van der Waals surface area contributed by atoms with Crippen molar-refractivity contribution in [3.63, 3.8) is 0 Å². The largest absolute Gasteiger partial charge is 0.497 e. The molecule has 0 saturated carbocycles. The second-order valence-electron chi connectivity index (χ2n) is 4.58. The van der Waals surface area contributed by atoms with Crippen molar-refractivity contribution in [2.75, 3.05) is 14.2 Å². The van der Waals surface area contributed by atoms with Gasteiger partial charge in [-0.25, -0.2) is 0 Å². The molecule has 0 bridgehead atoms. The average molecular weight is 268 g/mol. The minimum absolute atomic E-state index is 0.723. The minimum Gasteiger partial charge on any atom is -0.497 e. The van der Waals surface area contributed by atoms with Crippen molar-refractivity contribution in [3.05, 3.63) is 54.2 Å². The van der Waals surface area contributed by atoms with Crippen LogP contribution in [-0.2, 0) is 6.54 Å². The second-order valence-corrected chi connectivity index (χ2v) is 4.58. The highest BCUT2D eigenvalue weighted by molar-refractivity contribution is 5.80. The highest BCUT2D eigenvalue weighted by Gasteiger charge is 2.05. The fourth-order valence-corrected chi connectivity index (χ4v) is 2.21. The van der Waals surface area contributed by atoms with Crippen LogP contribution in [-0.4, -0.2) is 24.0 Å². The second kappa shape index (κ2) is 5.25. The van der Waals surface area contributed by atoms with Crippen molar-refractivity contribution in [2.24, 2.45) is 0 Å². The Balaban J connectivity index is 1.93. The molecule has 20 heavy (non-hydrogen) atoms. The molecule has 1 heterocycles. The van der Waals surface area contributed by atoms with Crippen molar-refractivity contribution in [2.45, 2.75) is 6.54 Å². The summed E-state index contributed by atoms with van der Waals surface area (Å²) in [7, 11) is 3.34. The molecule has 0 aliphatic heterocycles. The number of aromatic nitrogens is 2. The normalized spacial score (nSPS) is 10.7. The molecule has 0 amide bonds. The molecule has 1 aromatic heterocycles. The van der Waals surface area contributed by atoms with Crippen LogP contribution in [0.15, 0.2) is 48.7 Å². The van der Waals surface area contributed by atoms with Crippen LogP contribution in [0.4, 0.5) is 0 Å². The van der Waals surface area contributed by atoms with Gasteiger partial charge in [0.1, 0.15) is 11.5 Å². The van der Waals surface area contributed by atoms with E-state index in [1.54, 1.807) is 14.2 Å². The molecule has 0 radical (unpaired) electrons. The molecule has 0 N–H and O–H groups in total. The van der Waals surface area contributed by atoms with E-state index in [-0.39, 0.29) is 0 Å². The fraction of sp³-hybridized carbons (Fsp3) is 0.188. The highest BCUT2D eigenvalue weighted by atomic mass is 16.5. The van der Waals surface area contributed by atoms with E-state index >= 15 is 0 Å². The first-order valence-electron chi connectivity index (χ1n) is 6.42. The summed E-state index contributed by atoms with van der Waals surface area (Å²) in [5, 5.41) is 5.55. The number of rotatable bonds is 4. The topological polar surface area (TPSA) is 36.3 Å². The summed E-state index contributed by atoms with van der Waals surface area (Å²) in [6, 6.07) is 14.0. The van der Waals surface area contributed by atoms with Gasteiger partial charge in [-0.1, -0.05) is 12.1 Å². The van der Waals surface area contributed by atoms with E-state index in [9.17, 15) is 0 Å². The van der Waals surface area contributed by atoms with Crippen LogP contribution in [0, 0.1) is 0 Å². The van der Waals surface area contributed by atoms with Crippen molar-refractivity contribution < 1.29 is 9.47 Å². The molecule has 0 spiro atoms. The molecule has 0 saturated heterocycles. The molecule has 102 valence electrons. The Kier molecular flexibility index (Phi) is 3.29. The maximum absolute atomic E-state index is 5.27. The third kappa shape index (κ3) is 2.32. The van der Waals surface area contributed by atoms with Gasteiger partial charge in [-0.15, -0.1) is 0 Å². The fourth-order valence-electron chi connectivity index (χ4n) is 2.21. The van der Waals surface area contributed by atoms with Gasteiger partial charge in [-0.05, 0) is 29.8 Å². The summed E-state index contributed by atoms with van der Waals surface area (Å²) in [6.45, 7) is 0.723. The third-order valence-electron chi connectivity index (χ3n) is 3.34. The summed E-state index contributed by atoms with van der Waals surface area (Å²) < 4.78 is 12.4. The molecule has 0 aliphatic carbocycles. The molecule has 0 aliphatic rings. The average Bonchev–Trinajstić information content (AvgIpc) is 2.90. The van der Waals surface area contributed by atoms with E-state index in [2.05, 4.69) is 5.10 Å². The number of ether oxygens (including phenoxy) is 2. The van der Waals surface area contributed by atoms with Gasteiger partial charge in [0, 0.05) is 11.5 Å². The lowest BCUT2D eigenvalue weighted by Gasteiger charge is -2.06. The van der Waals surface area contributed by atoms with E-state index in [0.29, 0.717) is 0 Å². The maximum Gasteiger partial charge on any atom is 0.121 e. The van der Waals surface area contributed by atoms with E-state index in [4.69, 9.17) is 9.47 Å². The first kappa shape index (κ1) is 12.5. The molecule has 4 heteroatoms. The molecule has 3 rings (SSSR count). The lowest BCUT2D eigenvalue weighted by molar-refractivity contribution is 0.414. The van der Waals surface area contributed by atoms with E-state index < -0.39 is 0 Å². The monoisotopic (exact) mass is 268 g/mol. The Morgan fingerprint density at radius 1 is 0.950 bits per heavy atom. The Morgan fingerprint density at radius 2 is 1.65 bits per heavy atom. The molecule has 2 aromatic carbocycles. The zero-order chi connectivity index (χ0) is 13.9. The smallest absolute Gasteiger partial charge is 0.121 e. The Labute approximate surface area is 117 Å². The van der Waals surface area contributed by atoms with Crippen LogP contribution in [0.3, 0.4) is 0 Å². The predicted octanol–water partition coefficient (Wildman–Crippen LogP) is 3.10. The van der Waals surface area contributed by atoms with E-state index in [1.807, 2.05) is 53.3 Å². The zero-order valence-electron chi connectivity index (χ0n) is 11.5. The summed E-state index contributed by atoms with van der Waals surface area (Å²) in [6.07, 6.45) is 1.87. The molecule has 0 atom stereocenters. The quantitative estimate of drug-likeness (QED) is 0.729. The van der Waals surface area contributed by atoms with Crippen molar-refractivity contribution in [1.82, 2.24) is 9.78 Å². The van der Waals surface area contributed by atoms with Crippen LogP contribution in [0.1, 0.15) is 5.56 Å². The Morgan fingerprint density at radius 3 is 2.35 bits per heavy atom. The summed E-state index contributed by atoms with van der Waals surface area (Å²) >= 11 is 0. The maximum atomic E-state index is 5.27. The molecular weight excluding hydrogens is 252 g/mol. The summed E-state index contributed by atoms with van der Waals surface area (Å²) in [5.74, 6) is 1.70. The van der Waals surface area contributed by atoms with Crippen molar-refractivity contribution >= 4 is 10.9 Å². The van der Waals surface area contributed by atoms with Gasteiger partial charge in [-0.2, -0.15) is 5.10 Å². The van der Waals surface area contributed by atoms with E-state index in [1.165, 1.54) is 5.56 Å². The summed E-state index contributed by atoms with van der Waals surface area (Å²) in [5.41, 5.74) is 2.25. The van der Waals surface area contributed by atoms with Gasteiger partial charge in [0.15, 0.2) is 0 Å². The van der Waals surface area contributed by atoms with Crippen molar-refractivity contribution in [3.8, 4) is 11.5 Å². The number of fused-ring (bicyclic) bond motifs is 1. The Bertz CT molecular complexity index is 717. The van der Waals surface area contributed by atoms with Gasteiger partial charge in [0.05, 0.1) is 32.5 Å². The highest BCUT2D eigenvalue weighted by Crippen LogP contribution is 2.21. The molecule has 4 nitrogen and oxygen atoms in total. The zero-order valence-corrected chi connectivity index (χ0v) is 11.5. The van der Waals surface area contributed by atoms with Crippen LogP contribution < -0.4 is 9.47 Å². The molecular formula is C16H16N2O2. The number of hydrogen-bond donors (Lipinski definition) is 0. The van der Waals surface area contributed by atoms with E-state index in [0.717, 1.165) is 28.9 Å². The minimum atomic E-state index is 0.723. The van der Waals surface area contributed by atoms with Crippen LogP contribution in [0.5, 0.6) is 11.5 Å². The predicted molar refractivity (Wildman–Crippen MR) is 78.4 cm³/mol. The van der Waals surface area contributed by atoms with Crippen LogP contribution >= 0.6 is 0 Å². The van der Waals surface area contributed by atoms with Crippen LogP contribution in [0.2, 0.25) is 0 Å². The van der Waals surface area contributed by atoms with Gasteiger partial charge in [0.25, 0.3) is 0 Å². The molecule has 0 unspecified atom stereocenters. The number of nitrogens with zero attached hydrogens (tertiary/aromatic N) is 2. The third-order valence-corrected chi connectivity index (χ3v) is 3.34. The first-order valence-corrected chi connectivity index (χ1v) is 6.42. The van der Waals surface area contributed by atoms with Gasteiger partial charge >= 0.3 is 0 Å². The first-order chi connectivity index (χ1) is 9.80. The number of methoxy groups -OCH3 is 2. The lowest BCUT2D eigenvalue weighted by Crippen LogP contribution is -2.01. The number of hydrogen-bond acceptors (Lipinski definition) is 3. The van der Waals surface area contributed by atoms with Gasteiger partial charge in [0.2, 0.25) is 0 Å². The van der Waals surface area contributed by atoms with Crippen LogP contribution in [0.25, 0.3) is 10.9 Å². The van der Waals surface area contributed by atoms with Crippen molar-refractivity contribution in [1.29, 1.82) is 0 Å². The van der Waals surface area contributed by atoms with Gasteiger partial charge in [-0.3, -0.25) is 4.68 Å². The molecule has 3 aromatic rings. The molecule has 0 fully saturated rings. The standard InChI is InChI=1S/C16H16N2O2/c1-19-14-6-3-12(4-7-14)11-18-16-9-15(20-2)8-5-13(16)10-17-18/h3-10H,11H2,1-2H3. The van der Waals surface area contributed by atoms with Gasteiger partial charge < -0.3 is 9.47 Å². The summed E-state index contributed by atoms with van der Waals surface area (Å²) in [4.78, 5) is 0. The Hall–Kier alpha value is -2.49. The lowest BCUT2D eigenvalue weighted by atomic mass is 10.2. The number of benzene rings is 2.